The molecule has 0 aliphatic heterocycles. The van der Waals surface area contributed by atoms with Crippen LogP contribution in [0.15, 0.2) is 18.5 Å². The molecular weight excluding hydrogens is 142 g/mol. The van der Waals surface area contributed by atoms with Gasteiger partial charge in [-0.2, -0.15) is 0 Å². The molecular formula is C7H11N3O. The summed E-state index contributed by atoms with van der Waals surface area (Å²) >= 11 is 0. The Morgan fingerprint density at radius 3 is 2.82 bits per heavy atom. The Kier molecular flexibility index (Phi) is 2.40. The SMILES string of the molecule is NCC(N)c1cncc(O)c1. The van der Waals surface area contributed by atoms with Crippen molar-refractivity contribution in [1.82, 2.24) is 4.98 Å². The molecule has 0 aliphatic carbocycles. The summed E-state index contributed by atoms with van der Waals surface area (Å²) in [7, 11) is 0. The molecule has 0 fully saturated rings. The Bertz CT molecular complexity index is 239. The van der Waals surface area contributed by atoms with Gasteiger partial charge in [0, 0.05) is 18.8 Å². The van der Waals surface area contributed by atoms with Crippen LogP contribution < -0.4 is 11.5 Å². The number of hydrogen-bond acceptors (Lipinski definition) is 4. The van der Waals surface area contributed by atoms with E-state index >= 15 is 0 Å². The van der Waals surface area contributed by atoms with Crippen LogP contribution in [0.4, 0.5) is 0 Å². The molecule has 4 heteroatoms. The Balaban J connectivity index is 2.86. The topological polar surface area (TPSA) is 85.2 Å². The minimum atomic E-state index is -0.241. The fraction of sp³-hybridized carbons (Fsp3) is 0.286. The Morgan fingerprint density at radius 1 is 1.55 bits per heavy atom. The molecule has 11 heavy (non-hydrogen) atoms. The second-order valence-corrected chi connectivity index (χ2v) is 2.32. The first kappa shape index (κ1) is 7.97. The summed E-state index contributed by atoms with van der Waals surface area (Å²) in [5.41, 5.74) is 11.7. The molecule has 0 spiro atoms. The van der Waals surface area contributed by atoms with E-state index < -0.39 is 0 Å². The zero-order valence-electron chi connectivity index (χ0n) is 6.07. The smallest absolute Gasteiger partial charge is 0.134 e. The van der Waals surface area contributed by atoms with Crippen LogP contribution in [0.1, 0.15) is 11.6 Å². The molecule has 1 heterocycles. The van der Waals surface area contributed by atoms with E-state index in [1.807, 2.05) is 0 Å². The van der Waals surface area contributed by atoms with Gasteiger partial charge in [-0.15, -0.1) is 0 Å². The molecule has 0 saturated carbocycles. The molecule has 0 radical (unpaired) electrons. The predicted molar refractivity (Wildman–Crippen MR) is 41.9 cm³/mol. The largest absolute Gasteiger partial charge is 0.506 e. The van der Waals surface area contributed by atoms with Crippen molar-refractivity contribution in [2.24, 2.45) is 11.5 Å². The molecule has 0 aromatic carbocycles. The van der Waals surface area contributed by atoms with Gasteiger partial charge in [-0.05, 0) is 11.6 Å². The van der Waals surface area contributed by atoms with E-state index in [9.17, 15) is 0 Å². The second-order valence-electron chi connectivity index (χ2n) is 2.32. The van der Waals surface area contributed by atoms with E-state index in [0.29, 0.717) is 6.54 Å². The van der Waals surface area contributed by atoms with Crippen LogP contribution in [0.3, 0.4) is 0 Å². The van der Waals surface area contributed by atoms with Gasteiger partial charge in [-0.25, -0.2) is 0 Å². The lowest BCUT2D eigenvalue weighted by Crippen LogP contribution is -2.20. The molecule has 1 aromatic rings. The number of rotatable bonds is 2. The van der Waals surface area contributed by atoms with Crippen molar-refractivity contribution in [2.45, 2.75) is 6.04 Å². The van der Waals surface area contributed by atoms with E-state index in [2.05, 4.69) is 4.98 Å². The molecule has 1 atom stereocenters. The monoisotopic (exact) mass is 153 g/mol. The van der Waals surface area contributed by atoms with Gasteiger partial charge in [0.1, 0.15) is 5.75 Å². The second kappa shape index (κ2) is 3.32. The lowest BCUT2D eigenvalue weighted by atomic mass is 10.1. The quantitative estimate of drug-likeness (QED) is 0.546. The van der Waals surface area contributed by atoms with Gasteiger partial charge >= 0.3 is 0 Å². The third-order valence-corrected chi connectivity index (χ3v) is 1.43. The summed E-state index contributed by atoms with van der Waals surface area (Å²) in [6, 6.07) is 1.32. The third-order valence-electron chi connectivity index (χ3n) is 1.43. The molecule has 0 saturated heterocycles. The molecule has 60 valence electrons. The van der Waals surface area contributed by atoms with Crippen LogP contribution >= 0.6 is 0 Å². The maximum atomic E-state index is 9.00. The summed E-state index contributed by atoms with van der Waals surface area (Å²) in [4.78, 5) is 3.77. The van der Waals surface area contributed by atoms with Gasteiger partial charge in [0.25, 0.3) is 0 Å². The number of aromatic hydroxyl groups is 1. The fourth-order valence-corrected chi connectivity index (χ4v) is 0.784. The molecule has 0 aliphatic rings. The van der Waals surface area contributed by atoms with Crippen molar-refractivity contribution in [3.63, 3.8) is 0 Å². The van der Waals surface area contributed by atoms with Crippen LogP contribution in [-0.4, -0.2) is 16.6 Å². The maximum absolute atomic E-state index is 9.00. The lowest BCUT2D eigenvalue weighted by Gasteiger charge is -2.07. The minimum Gasteiger partial charge on any atom is -0.506 e. The molecule has 4 nitrogen and oxygen atoms in total. The van der Waals surface area contributed by atoms with Gasteiger partial charge in [-0.1, -0.05) is 0 Å². The van der Waals surface area contributed by atoms with Crippen molar-refractivity contribution >= 4 is 0 Å². The summed E-state index contributed by atoms with van der Waals surface area (Å²) in [6.07, 6.45) is 2.95. The van der Waals surface area contributed by atoms with Gasteiger partial charge in [-0.3, -0.25) is 4.98 Å². The van der Waals surface area contributed by atoms with E-state index in [1.165, 1.54) is 6.20 Å². The van der Waals surface area contributed by atoms with E-state index in [0.717, 1.165) is 5.56 Å². The molecule has 1 unspecified atom stereocenters. The van der Waals surface area contributed by atoms with Crippen molar-refractivity contribution in [1.29, 1.82) is 0 Å². The predicted octanol–water partition coefficient (Wildman–Crippen LogP) is -0.254. The zero-order chi connectivity index (χ0) is 8.27. The zero-order valence-corrected chi connectivity index (χ0v) is 6.07. The first-order valence-electron chi connectivity index (χ1n) is 3.33. The first-order chi connectivity index (χ1) is 5.24. The summed E-state index contributed by atoms with van der Waals surface area (Å²) in [5.74, 6) is 0.117. The Hall–Kier alpha value is -1.13. The number of pyridine rings is 1. The summed E-state index contributed by atoms with van der Waals surface area (Å²) < 4.78 is 0. The highest BCUT2D eigenvalue weighted by atomic mass is 16.3. The summed E-state index contributed by atoms with van der Waals surface area (Å²) in [6.45, 7) is 0.352. The molecule has 0 amide bonds. The average Bonchev–Trinajstić information content (AvgIpc) is 2.03. The molecule has 1 aromatic heterocycles. The fourth-order valence-electron chi connectivity index (χ4n) is 0.784. The molecule has 5 N–H and O–H groups in total. The molecule has 1 rings (SSSR count). The average molecular weight is 153 g/mol. The van der Waals surface area contributed by atoms with Crippen LogP contribution in [0.5, 0.6) is 5.75 Å². The van der Waals surface area contributed by atoms with E-state index in [4.69, 9.17) is 16.6 Å². The highest BCUT2D eigenvalue weighted by molar-refractivity contribution is 5.24. The normalized spacial score (nSPS) is 12.9. The van der Waals surface area contributed by atoms with Gasteiger partial charge in [0.15, 0.2) is 0 Å². The standard InChI is InChI=1S/C7H11N3O/c8-2-7(9)5-1-6(11)4-10-3-5/h1,3-4,7,11H,2,8-9H2. The Labute approximate surface area is 64.9 Å². The van der Waals surface area contributed by atoms with Gasteiger partial charge in [0.2, 0.25) is 0 Å². The van der Waals surface area contributed by atoms with Crippen LogP contribution in [-0.2, 0) is 0 Å². The van der Waals surface area contributed by atoms with Crippen molar-refractivity contribution in [2.75, 3.05) is 6.54 Å². The van der Waals surface area contributed by atoms with Crippen molar-refractivity contribution in [3.05, 3.63) is 24.0 Å². The third kappa shape index (κ3) is 1.89. The highest BCUT2D eigenvalue weighted by Crippen LogP contribution is 2.13. The van der Waals surface area contributed by atoms with Crippen molar-refractivity contribution in [3.8, 4) is 5.75 Å². The highest BCUT2D eigenvalue weighted by Gasteiger charge is 2.03. The van der Waals surface area contributed by atoms with Gasteiger partial charge < -0.3 is 16.6 Å². The number of nitrogens with zero attached hydrogens (tertiary/aromatic N) is 1. The van der Waals surface area contributed by atoms with Crippen molar-refractivity contribution < 1.29 is 5.11 Å². The lowest BCUT2D eigenvalue weighted by molar-refractivity contribution is 0.471. The van der Waals surface area contributed by atoms with Crippen LogP contribution in [0.25, 0.3) is 0 Å². The molecule has 0 bridgehead atoms. The number of nitrogens with two attached hydrogens (primary N) is 2. The van der Waals surface area contributed by atoms with Crippen LogP contribution in [0.2, 0.25) is 0 Å². The summed E-state index contributed by atoms with van der Waals surface area (Å²) in [5, 5.41) is 9.00. The first-order valence-corrected chi connectivity index (χ1v) is 3.33. The van der Waals surface area contributed by atoms with Gasteiger partial charge in [0.05, 0.1) is 6.20 Å². The van der Waals surface area contributed by atoms with E-state index in [1.54, 1.807) is 12.3 Å². The van der Waals surface area contributed by atoms with Crippen LogP contribution in [0, 0.1) is 0 Å². The van der Waals surface area contributed by atoms with E-state index in [-0.39, 0.29) is 11.8 Å². The minimum absolute atomic E-state index is 0.117. The Morgan fingerprint density at radius 2 is 2.27 bits per heavy atom. The maximum Gasteiger partial charge on any atom is 0.134 e. The number of aromatic nitrogens is 1. The number of hydrogen-bond donors (Lipinski definition) is 3.